The summed E-state index contributed by atoms with van der Waals surface area (Å²) in [5, 5.41) is 10.3. The van der Waals surface area contributed by atoms with Gasteiger partial charge in [0.25, 0.3) is 0 Å². The van der Waals surface area contributed by atoms with Crippen LogP contribution in [0.3, 0.4) is 0 Å². The predicted octanol–water partition coefficient (Wildman–Crippen LogP) is 5.59. The molecular formula is C25H29NO3. The number of rotatable bonds is 6. The third-order valence-electron chi connectivity index (χ3n) is 5.81. The zero-order valence-electron chi connectivity index (χ0n) is 17.2. The van der Waals surface area contributed by atoms with Crippen LogP contribution in [0.2, 0.25) is 0 Å². The van der Waals surface area contributed by atoms with Crippen molar-refractivity contribution in [3.05, 3.63) is 59.7 Å². The average molecular weight is 392 g/mol. The maximum Gasteiger partial charge on any atom is 0.306 e. The number of carboxylic acids is 1. The van der Waals surface area contributed by atoms with Crippen molar-refractivity contribution in [2.75, 3.05) is 13.1 Å². The van der Waals surface area contributed by atoms with Gasteiger partial charge in [-0.15, -0.1) is 0 Å². The molecule has 4 rings (SSSR count). The second-order valence-corrected chi connectivity index (χ2v) is 8.67. The number of benzene rings is 2. The highest BCUT2D eigenvalue weighted by molar-refractivity contribution is 5.83. The molecule has 0 radical (unpaired) electrons. The smallest absolute Gasteiger partial charge is 0.306 e. The van der Waals surface area contributed by atoms with Gasteiger partial charge in [0.1, 0.15) is 11.3 Å². The minimum Gasteiger partial charge on any atom is -0.481 e. The third kappa shape index (κ3) is 4.70. The van der Waals surface area contributed by atoms with Gasteiger partial charge < -0.3 is 9.52 Å². The Labute approximate surface area is 172 Å². The van der Waals surface area contributed by atoms with Gasteiger partial charge in [0.2, 0.25) is 0 Å². The molecule has 0 aliphatic carbocycles. The fourth-order valence-electron chi connectivity index (χ4n) is 4.20. The van der Waals surface area contributed by atoms with Crippen LogP contribution in [0.1, 0.15) is 37.8 Å². The van der Waals surface area contributed by atoms with Crippen LogP contribution in [-0.2, 0) is 17.8 Å². The zero-order chi connectivity index (χ0) is 20.4. The summed E-state index contributed by atoms with van der Waals surface area (Å²) < 4.78 is 6.07. The standard InChI is InChI=1S/C25H29NO3/c1-17(2)13-19-5-8-23-22(14-19)15-24(29-23)20-6-3-18(4-7-20)16-26-11-9-21(10-12-26)25(27)28/h3-8,14-15,17,21H,9-13,16H2,1-2H3,(H,27,28). The monoisotopic (exact) mass is 391 g/mol. The Morgan fingerprint density at radius 3 is 2.41 bits per heavy atom. The molecule has 0 atom stereocenters. The van der Waals surface area contributed by atoms with Crippen LogP contribution >= 0.6 is 0 Å². The molecule has 1 N–H and O–H groups in total. The van der Waals surface area contributed by atoms with Crippen molar-refractivity contribution < 1.29 is 14.3 Å². The lowest BCUT2D eigenvalue weighted by atomic mass is 9.97. The van der Waals surface area contributed by atoms with E-state index >= 15 is 0 Å². The molecule has 1 fully saturated rings. The highest BCUT2D eigenvalue weighted by Crippen LogP contribution is 2.29. The molecule has 4 nitrogen and oxygen atoms in total. The van der Waals surface area contributed by atoms with Gasteiger partial charge in [-0.05, 0) is 67.6 Å². The van der Waals surface area contributed by atoms with Gasteiger partial charge in [-0.1, -0.05) is 44.2 Å². The van der Waals surface area contributed by atoms with Crippen LogP contribution in [0.5, 0.6) is 0 Å². The predicted molar refractivity (Wildman–Crippen MR) is 116 cm³/mol. The number of hydrogen-bond acceptors (Lipinski definition) is 3. The number of fused-ring (bicyclic) bond motifs is 1. The van der Waals surface area contributed by atoms with Crippen molar-refractivity contribution in [3.8, 4) is 11.3 Å². The van der Waals surface area contributed by atoms with E-state index in [4.69, 9.17) is 9.52 Å². The van der Waals surface area contributed by atoms with Gasteiger partial charge >= 0.3 is 5.97 Å². The quantitative estimate of drug-likeness (QED) is 0.595. The summed E-state index contributed by atoms with van der Waals surface area (Å²) in [6, 6.07) is 17.1. The molecular weight excluding hydrogens is 362 g/mol. The van der Waals surface area contributed by atoms with E-state index < -0.39 is 5.97 Å². The normalized spacial score (nSPS) is 16.0. The van der Waals surface area contributed by atoms with E-state index in [1.807, 2.05) is 0 Å². The summed E-state index contributed by atoms with van der Waals surface area (Å²) in [4.78, 5) is 13.4. The number of hydrogen-bond donors (Lipinski definition) is 1. The number of carboxylic acid groups (broad SMARTS) is 1. The van der Waals surface area contributed by atoms with E-state index in [0.717, 1.165) is 61.2 Å². The number of likely N-dealkylation sites (tertiary alicyclic amines) is 1. The molecule has 1 saturated heterocycles. The molecule has 4 heteroatoms. The lowest BCUT2D eigenvalue weighted by Gasteiger charge is -2.30. The molecule has 29 heavy (non-hydrogen) atoms. The van der Waals surface area contributed by atoms with Crippen molar-refractivity contribution in [1.82, 2.24) is 4.90 Å². The maximum absolute atomic E-state index is 11.1. The van der Waals surface area contributed by atoms with Gasteiger partial charge in [0.15, 0.2) is 0 Å². The van der Waals surface area contributed by atoms with Crippen molar-refractivity contribution in [1.29, 1.82) is 0 Å². The Kier molecular flexibility index (Phi) is 5.72. The van der Waals surface area contributed by atoms with Gasteiger partial charge in [0, 0.05) is 17.5 Å². The van der Waals surface area contributed by atoms with E-state index in [-0.39, 0.29) is 5.92 Å². The molecule has 1 aliphatic rings. The third-order valence-corrected chi connectivity index (χ3v) is 5.81. The average Bonchev–Trinajstić information content (AvgIpc) is 3.12. The van der Waals surface area contributed by atoms with Crippen molar-refractivity contribution in [2.45, 2.75) is 39.7 Å². The van der Waals surface area contributed by atoms with Crippen LogP contribution < -0.4 is 0 Å². The van der Waals surface area contributed by atoms with Crippen LogP contribution in [0.25, 0.3) is 22.3 Å². The maximum atomic E-state index is 11.1. The molecule has 3 aromatic rings. The van der Waals surface area contributed by atoms with Gasteiger partial charge in [-0.25, -0.2) is 0 Å². The molecule has 0 bridgehead atoms. The van der Waals surface area contributed by atoms with Crippen LogP contribution in [0.15, 0.2) is 52.9 Å². The Bertz CT molecular complexity index is 979. The number of piperidine rings is 1. The Morgan fingerprint density at radius 1 is 1.07 bits per heavy atom. The van der Waals surface area contributed by atoms with Crippen molar-refractivity contribution in [3.63, 3.8) is 0 Å². The molecule has 2 heterocycles. The molecule has 0 spiro atoms. The first-order chi connectivity index (χ1) is 14.0. The molecule has 0 amide bonds. The van der Waals surface area contributed by atoms with Crippen molar-refractivity contribution >= 4 is 16.9 Å². The first-order valence-corrected chi connectivity index (χ1v) is 10.5. The Balaban J connectivity index is 1.43. The highest BCUT2D eigenvalue weighted by atomic mass is 16.4. The van der Waals surface area contributed by atoms with Crippen molar-refractivity contribution in [2.24, 2.45) is 11.8 Å². The number of aliphatic carboxylic acids is 1. The fraction of sp³-hybridized carbons (Fsp3) is 0.400. The lowest BCUT2D eigenvalue weighted by Crippen LogP contribution is -2.35. The van der Waals surface area contributed by atoms with Crippen LogP contribution in [-0.4, -0.2) is 29.1 Å². The molecule has 1 aromatic heterocycles. The molecule has 152 valence electrons. The van der Waals surface area contributed by atoms with E-state index in [0.29, 0.717) is 5.92 Å². The summed E-state index contributed by atoms with van der Waals surface area (Å²) in [6.45, 7) is 7.04. The summed E-state index contributed by atoms with van der Waals surface area (Å²) in [7, 11) is 0. The summed E-state index contributed by atoms with van der Waals surface area (Å²) in [6.07, 6.45) is 2.56. The topological polar surface area (TPSA) is 53.7 Å². The molecule has 0 saturated carbocycles. The van der Waals surface area contributed by atoms with E-state index in [1.54, 1.807) is 0 Å². The first-order valence-electron chi connectivity index (χ1n) is 10.5. The summed E-state index contributed by atoms with van der Waals surface area (Å²) in [5.41, 5.74) is 4.61. The number of nitrogens with zero attached hydrogens (tertiary/aromatic N) is 1. The van der Waals surface area contributed by atoms with Crippen LogP contribution in [0.4, 0.5) is 0 Å². The zero-order valence-corrected chi connectivity index (χ0v) is 17.2. The van der Waals surface area contributed by atoms with E-state index in [1.165, 1.54) is 11.1 Å². The Hall–Kier alpha value is -2.59. The van der Waals surface area contributed by atoms with E-state index in [2.05, 4.69) is 67.3 Å². The first kappa shape index (κ1) is 19.7. The second-order valence-electron chi connectivity index (χ2n) is 8.67. The SMILES string of the molecule is CC(C)Cc1ccc2oc(-c3ccc(CN4CCC(C(=O)O)CC4)cc3)cc2c1. The minimum absolute atomic E-state index is 0.178. The summed E-state index contributed by atoms with van der Waals surface area (Å²) >= 11 is 0. The van der Waals surface area contributed by atoms with Crippen LogP contribution in [0, 0.1) is 11.8 Å². The number of carbonyl (C=O) groups is 1. The summed E-state index contributed by atoms with van der Waals surface area (Å²) in [5.74, 6) is 0.704. The van der Waals surface area contributed by atoms with Gasteiger partial charge in [0.05, 0.1) is 5.92 Å². The minimum atomic E-state index is -0.656. The molecule has 2 aromatic carbocycles. The largest absolute Gasteiger partial charge is 0.481 e. The Morgan fingerprint density at radius 2 is 1.76 bits per heavy atom. The van der Waals surface area contributed by atoms with Gasteiger partial charge in [-0.3, -0.25) is 9.69 Å². The molecule has 1 aliphatic heterocycles. The second kappa shape index (κ2) is 8.42. The fourth-order valence-corrected chi connectivity index (χ4v) is 4.20. The number of furan rings is 1. The molecule has 0 unspecified atom stereocenters. The highest BCUT2D eigenvalue weighted by Gasteiger charge is 2.24. The lowest BCUT2D eigenvalue weighted by molar-refractivity contribution is -0.143. The van der Waals surface area contributed by atoms with Gasteiger partial charge in [-0.2, -0.15) is 0 Å². The van der Waals surface area contributed by atoms with E-state index in [9.17, 15) is 4.79 Å².